The number of esters is 1. The van der Waals surface area contributed by atoms with Gasteiger partial charge >= 0.3 is 5.97 Å². The van der Waals surface area contributed by atoms with E-state index in [4.69, 9.17) is 0 Å². The van der Waals surface area contributed by atoms with Crippen molar-refractivity contribution in [3.8, 4) is 0 Å². The summed E-state index contributed by atoms with van der Waals surface area (Å²) in [5, 5.41) is 9.59. The summed E-state index contributed by atoms with van der Waals surface area (Å²) in [6, 6.07) is 0. The predicted octanol–water partition coefficient (Wildman–Crippen LogP) is 1.74. The van der Waals surface area contributed by atoms with E-state index in [0.717, 1.165) is 12.8 Å². The van der Waals surface area contributed by atoms with Crippen molar-refractivity contribution in [2.75, 3.05) is 7.11 Å². The molecule has 0 spiro atoms. The first-order valence-electron chi connectivity index (χ1n) is 4.86. The number of carbonyl (C=O) groups is 1. The Morgan fingerprint density at radius 3 is 2.54 bits per heavy atom. The third-order valence-electron chi connectivity index (χ3n) is 2.27. The highest BCUT2D eigenvalue weighted by molar-refractivity contribution is 5.69. The standard InChI is InChI=1S/C10H20O3/c1-4-5-8(2)9(11)6-7-10(12)13-3/h8-9,11H,4-7H2,1-3H3. The van der Waals surface area contributed by atoms with Gasteiger partial charge in [-0.15, -0.1) is 0 Å². The Labute approximate surface area is 80.1 Å². The monoisotopic (exact) mass is 188 g/mol. The smallest absolute Gasteiger partial charge is 0.305 e. The van der Waals surface area contributed by atoms with Gasteiger partial charge in [0, 0.05) is 6.42 Å². The molecule has 2 unspecified atom stereocenters. The van der Waals surface area contributed by atoms with Gasteiger partial charge in [0.25, 0.3) is 0 Å². The summed E-state index contributed by atoms with van der Waals surface area (Å²) in [6.07, 6.45) is 2.51. The number of aliphatic hydroxyl groups excluding tert-OH is 1. The molecule has 0 aromatic rings. The molecular weight excluding hydrogens is 168 g/mol. The van der Waals surface area contributed by atoms with Crippen LogP contribution in [0.1, 0.15) is 39.5 Å². The highest BCUT2D eigenvalue weighted by Gasteiger charge is 2.14. The van der Waals surface area contributed by atoms with Gasteiger partial charge in [-0.25, -0.2) is 0 Å². The molecule has 78 valence electrons. The second kappa shape index (κ2) is 6.89. The molecule has 0 amide bonds. The summed E-state index contributed by atoms with van der Waals surface area (Å²) >= 11 is 0. The Kier molecular flexibility index (Phi) is 6.59. The molecule has 0 rings (SSSR count). The first-order chi connectivity index (χ1) is 6.11. The van der Waals surface area contributed by atoms with Crippen LogP contribution in [0.2, 0.25) is 0 Å². The first kappa shape index (κ1) is 12.4. The molecule has 0 saturated carbocycles. The van der Waals surface area contributed by atoms with E-state index >= 15 is 0 Å². The van der Waals surface area contributed by atoms with Gasteiger partial charge in [0.15, 0.2) is 0 Å². The van der Waals surface area contributed by atoms with Crippen LogP contribution in [0.3, 0.4) is 0 Å². The van der Waals surface area contributed by atoms with Crippen molar-refractivity contribution in [2.45, 2.75) is 45.6 Å². The normalized spacial score (nSPS) is 15.1. The van der Waals surface area contributed by atoms with Crippen LogP contribution >= 0.6 is 0 Å². The fourth-order valence-corrected chi connectivity index (χ4v) is 1.30. The Hall–Kier alpha value is -0.570. The van der Waals surface area contributed by atoms with Crippen LogP contribution in [-0.4, -0.2) is 24.3 Å². The van der Waals surface area contributed by atoms with Crippen LogP contribution in [0.25, 0.3) is 0 Å². The predicted molar refractivity (Wildman–Crippen MR) is 51.3 cm³/mol. The van der Waals surface area contributed by atoms with E-state index in [1.165, 1.54) is 7.11 Å². The van der Waals surface area contributed by atoms with Gasteiger partial charge in [-0.1, -0.05) is 20.3 Å². The lowest BCUT2D eigenvalue weighted by molar-refractivity contribution is -0.141. The SMILES string of the molecule is CCCC(C)C(O)CCC(=O)OC. The molecule has 0 aliphatic rings. The van der Waals surface area contributed by atoms with Crippen molar-refractivity contribution in [3.63, 3.8) is 0 Å². The maximum Gasteiger partial charge on any atom is 0.305 e. The van der Waals surface area contributed by atoms with Crippen LogP contribution in [0.15, 0.2) is 0 Å². The van der Waals surface area contributed by atoms with Gasteiger partial charge in [-0.3, -0.25) is 4.79 Å². The molecule has 3 nitrogen and oxygen atoms in total. The van der Waals surface area contributed by atoms with Crippen molar-refractivity contribution < 1.29 is 14.6 Å². The van der Waals surface area contributed by atoms with Crippen LogP contribution in [-0.2, 0) is 9.53 Å². The molecule has 0 aromatic heterocycles. The fraction of sp³-hybridized carbons (Fsp3) is 0.900. The average molecular weight is 188 g/mol. The van der Waals surface area contributed by atoms with Crippen LogP contribution < -0.4 is 0 Å². The van der Waals surface area contributed by atoms with Crippen molar-refractivity contribution >= 4 is 5.97 Å². The zero-order chi connectivity index (χ0) is 10.3. The Morgan fingerprint density at radius 1 is 1.46 bits per heavy atom. The summed E-state index contributed by atoms with van der Waals surface area (Å²) in [5.74, 6) is 0.0254. The lowest BCUT2D eigenvalue weighted by Crippen LogP contribution is -2.19. The number of ether oxygens (including phenoxy) is 1. The van der Waals surface area contributed by atoms with E-state index in [1.54, 1.807) is 0 Å². The molecular formula is C10H20O3. The minimum Gasteiger partial charge on any atom is -0.469 e. The van der Waals surface area contributed by atoms with Gasteiger partial charge in [-0.2, -0.15) is 0 Å². The fourth-order valence-electron chi connectivity index (χ4n) is 1.30. The molecule has 0 aliphatic carbocycles. The van der Waals surface area contributed by atoms with E-state index in [-0.39, 0.29) is 18.0 Å². The van der Waals surface area contributed by atoms with Crippen LogP contribution in [0.5, 0.6) is 0 Å². The molecule has 13 heavy (non-hydrogen) atoms. The summed E-state index contributed by atoms with van der Waals surface area (Å²) in [6.45, 7) is 4.09. The average Bonchev–Trinajstić information content (AvgIpc) is 2.13. The minimum atomic E-state index is -0.376. The molecule has 0 saturated heterocycles. The number of carbonyl (C=O) groups excluding carboxylic acids is 1. The minimum absolute atomic E-state index is 0.247. The van der Waals surface area contributed by atoms with Crippen molar-refractivity contribution in [3.05, 3.63) is 0 Å². The quantitative estimate of drug-likeness (QED) is 0.646. The van der Waals surface area contributed by atoms with Gasteiger partial charge in [-0.05, 0) is 18.8 Å². The van der Waals surface area contributed by atoms with Crippen LogP contribution in [0, 0.1) is 5.92 Å². The molecule has 1 N–H and O–H groups in total. The maximum absolute atomic E-state index is 10.8. The van der Waals surface area contributed by atoms with Crippen molar-refractivity contribution in [2.24, 2.45) is 5.92 Å². The number of rotatable bonds is 6. The molecule has 2 atom stereocenters. The molecule has 0 heterocycles. The zero-order valence-corrected chi connectivity index (χ0v) is 8.75. The third kappa shape index (κ3) is 5.64. The molecule has 0 aromatic carbocycles. The Balaban J connectivity index is 3.60. The Morgan fingerprint density at radius 2 is 2.08 bits per heavy atom. The topological polar surface area (TPSA) is 46.5 Å². The largest absolute Gasteiger partial charge is 0.469 e. The van der Waals surface area contributed by atoms with E-state index in [2.05, 4.69) is 11.7 Å². The number of methoxy groups -OCH3 is 1. The van der Waals surface area contributed by atoms with Gasteiger partial charge < -0.3 is 9.84 Å². The number of hydrogen-bond donors (Lipinski definition) is 1. The van der Waals surface area contributed by atoms with E-state index in [1.807, 2.05) is 6.92 Å². The molecule has 0 radical (unpaired) electrons. The zero-order valence-electron chi connectivity index (χ0n) is 8.75. The molecule has 0 aliphatic heterocycles. The second-order valence-electron chi connectivity index (χ2n) is 3.45. The molecule has 3 heteroatoms. The Bertz CT molecular complexity index is 145. The van der Waals surface area contributed by atoms with Gasteiger partial charge in [0.2, 0.25) is 0 Å². The number of aliphatic hydroxyl groups is 1. The number of hydrogen-bond acceptors (Lipinski definition) is 3. The lowest BCUT2D eigenvalue weighted by Gasteiger charge is -2.17. The summed E-state index contributed by atoms with van der Waals surface area (Å²) in [4.78, 5) is 10.8. The highest BCUT2D eigenvalue weighted by atomic mass is 16.5. The van der Waals surface area contributed by atoms with Gasteiger partial charge in [0.05, 0.1) is 13.2 Å². The van der Waals surface area contributed by atoms with Gasteiger partial charge in [0.1, 0.15) is 0 Å². The van der Waals surface area contributed by atoms with Crippen LogP contribution in [0.4, 0.5) is 0 Å². The summed E-state index contributed by atoms with van der Waals surface area (Å²) < 4.78 is 4.49. The third-order valence-corrected chi connectivity index (χ3v) is 2.27. The highest BCUT2D eigenvalue weighted by Crippen LogP contribution is 2.14. The van der Waals surface area contributed by atoms with E-state index < -0.39 is 0 Å². The van der Waals surface area contributed by atoms with Crippen molar-refractivity contribution in [1.29, 1.82) is 0 Å². The summed E-state index contributed by atoms with van der Waals surface area (Å²) in [7, 11) is 1.37. The van der Waals surface area contributed by atoms with E-state index in [9.17, 15) is 9.90 Å². The van der Waals surface area contributed by atoms with E-state index in [0.29, 0.717) is 12.8 Å². The van der Waals surface area contributed by atoms with Crippen molar-refractivity contribution in [1.82, 2.24) is 0 Å². The summed E-state index contributed by atoms with van der Waals surface area (Å²) in [5.41, 5.74) is 0. The molecule has 0 fully saturated rings. The maximum atomic E-state index is 10.8. The lowest BCUT2D eigenvalue weighted by atomic mass is 9.96. The first-order valence-corrected chi connectivity index (χ1v) is 4.86. The second-order valence-corrected chi connectivity index (χ2v) is 3.45. The molecule has 0 bridgehead atoms.